The molecule has 0 radical (unpaired) electrons. The number of carbonyl (C=O) groups is 2. The highest BCUT2D eigenvalue weighted by molar-refractivity contribution is 7.80. The molecule has 142 valence electrons. The molecule has 2 aromatic rings. The third kappa shape index (κ3) is 4.53. The van der Waals surface area contributed by atoms with Crippen LogP contribution < -0.4 is 10.1 Å². The van der Waals surface area contributed by atoms with Crippen molar-refractivity contribution in [2.24, 2.45) is 0 Å². The summed E-state index contributed by atoms with van der Waals surface area (Å²) in [4.78, 5) is 26.0. The number of hydrogen-bond acceptors (Lipinski definition) is 4. The van der Waals surface area contributed by atoms with Crippen molar-refractivity contribution in [1.82, 2.24) is 10.2 Å². The number of amides is 2. The summed E-state index contributed by atoms with van der Waals surface area (Å²) in [6.45, 7) is 6.35. The van der Waals surface area contributed by atoms with Gasteiger partial charge in [0.1, 0.15) is 17.9 Å². The van der Waals surface area contributed by atoms with E-state index in [0.717, 1.165) is 5.56 Å². The second-order valence-electron chi connectivity index (χ2n) is 6.37. The van der Waals surface area contributed by atoms with Crippen LogP contribution in [0.5, 0.6) is 5.75 Å². The highest BCUT2D eigenvalue weighted by atomic mass is 32.1. The Morgan fingerprint density at radius 2 is 1.79 bits per heavy atom. The van der Waals surface area contributed by atoms with Gasteiger partial charge in [0.15, 0.2) is 5.11 Å². The Kier molecular flexibility index (Phi) is 6.01. The van der Waals surface area contributed by atoms with Gasteiger partial charge in [-0.3, -0.25) is 19.8 Å². The van der Waals surface area contributed by atoms with Crippen LogP contribution in [-0.4, -0.2) is 28.4 Å². The maximum atomic E-state index is 12.5. The van der Waals surface area contributed by atoms with Crippen molar-refractivity contribution in [3.05, 3.63) is 83.4 Å². The molecule has 0 unspecified atom stereocenters. The molecule has 1 fully saturated rings. The largest absolute Gasteiger partial charge is 0.489 e. The molecule has 1 saturated heterocycles. The van der Waals surface area contributed by atoms with Crippen LogP contribution in [0.1, 0.15) is 16.7 Å². The lowest BCUT2D eigenvalue weighted by Gasteiger charge is -2.27. The number of aryl methyl sites for hydroxylation is 1. The number of thiocarbonyl (C=S) groups is 1. The van der Waals surface area contributed by atoms with Gasteiger partial charge in [-0.05, 0) is 48.5 Å². The fourth-order valence-electron chi connectivity index (χ4n) is 2.67. The van der Waals surface area contributed by atoms with Crippen molar-refractivity contribution < 1.29 is 14.3 Å². The molecule has 5 nitrogen and oxygen atoms in total. The monoisotopic (exact) mass is 392 g/mol. The van der Waals surface area contributed by atoms with Crippen molar-refractivity contribution in [2.75, 3.05) is 6.54 Å². The van der Waals surface area contributed by atoms with Crippen LogP contribution in [-0.2, 0) is 16.2 Å². The lowest BCUT2D eigenvalue weighted by molar-refractivity contribution is -0.128. The Hall–Kier alpha value is -3.25. The molecule has 0 saturated carbocycles. The molecule has 1 heterocycles. The number of nitrogens with one attached hydrogen (secondary N) is 1. The second kappa shape index (κ2) is 8.63. The van der Waals surface area contributed by atoms with E-state index in [1.54, 1.807) is 36.4 Å². The Morgan fingerprint density at radius 3 is 2.43 bits per heavy atom. The summed E-state index contributed by atoms with van der Waals surface area (Å²) in [5, 5.41) is 2.62. The lowest BCUT2D eigenvalue weighted by atomic mass is 10.1. The first-order valence-corrected chi connectivity index (χ1v) is 9.17. The van der Waals surface area contributed by atoms with Gasteiger partial charge in [0.2, 0.25) is 0 Å². The highest BCUT2D eigenvalue weighted by Crippen LogP contribution is 2.18. The quantitative estimate of drug-likeness (QED) is 0.354. The second-order valence-corrected chi connectivity index (χ2v) is 6.75. The SMILES string of the molecule is C=CCN1C(=O)C(=Cc2ccc(OCc3ccc(C)cc3)cc2)C(=O)NC1=S. The van der Waals surface area contributed by atoms with Crippen LogP contribution in [0.3, 0.4) is 0 Å². The molecule has 6 heteroatoms. The van der Waals surface area contributed by atoms with E-state index in [4.69, 9.17) is 17.0 Å². The van der Waals surface area contributed by atoms with E-state index in [-0.39, 0.29) is 17.2 Å². The number of hydrogen-bond donors (Lipinski definition) is 1. The first kappa shape index (κ1) is 19.5. The van der Waals surface area contributed by atoms with E-state index < -0.39 is 11.8 Å². The minimum atomic E-state index is -0.505. The van der Waals surface area contributed by atoms with Gasteiger partial charge >= 0.3 is 0 Å². The van der Waals surface area contributed by atoms with Crippen LogP contribution in [0.25, 0.3) is 6.08 Å². The number of ether oxygens (including phenoxy) is 1. The fraction of sp³-hybridized carbons (Fsp3) is 0.136. The lowest BCUT2D eigenvalue weighted by Crippen LogP contribution is -2.53. The number of rotatable bonds is 6. The van der Waals surface area contributed by atoms with Gasteiger partial charge in [0, 0.05) is 6.54 Å². The standard InChI is InChI=1S/C22H20N2O3S/c1-3-12-24-21(26)19(20(25)23-22(24)28)13-16-8-10-18(11-9-16)27-14-17-6-4-15(2)5-7-17/h3-11,13H,1,12,14H2,2H3,(H,23,25,28). The Bertz CT molecular complexity index is 947. The molecule has 0 aromatic heterocycles. The molecule has 1 aliphatic heterocycles. The predicted octanol–water partition coefficient (Wildman–Crippen LogP) is 3.39. The number of benzene rings is 2. The van der Waals surface area contributed by atoms with Crippen LogP contribution in [0, 0.1) is 6.92 Å². The summed E-state index contributed by atoms with van der Waals surface area (Å²) in [5.74, 6) is -0.236. The van der Waals surface area contributed by atoms with Crippen molar-refractivity contribution >= 4 is 35.2 Å². The third-order valence-electron chi connectivity index (χ3n) is 4.21. The molecule has 2 aromatic carbocycles. The van der Waals surface area contributed by atoms with Crippen LogP contribution in [0.2, 0.25) is 0 Å². The summed E-state index contributed by atoms with van der Waals surface area (Å²) < 4.78 is 5.78. The van der Waals surface area contributed by atoms with Crippen LogP contribution in [0.15, 0.2) is 66.8 Å². The van der Waals surface area contributed by atoms with E-state index in [1.807, 2.05) is 31.2 Å². The molecule has 2 amide bonds. The molecule has 1 N–H and O–H groups in total. The first-order chi connectivity index (χ1) is 13.5. The molecule has 1 aliphatic rings. The van der Waals surface area contributed by atoms with Gasteiger partial charge in [0.25, 0.3) is 11.8 Å². The maximum absolute atomic E-state index is 12.5. The van der Waals surface area contributed by atoms with E-state index >= 15 is 0 Å². The van der Waals surface area contributed by atoms with Gasteiger partial charge in [-0.25, -0.2) is 0 Å². The Morgan fingerprint density at radius 1 is 1.11 bits per heavy atom. The van der Waals surface area contributed by atoms with Gasteiger partial charge in [-0.15, -0.1) is 6.58 Å². The normalized spacial score (nSPS) is 15.5. The van der Waals surface area contributed by atoms with Gasteiger partial charge in [-0.2, -0.15) is 0 Å². The smallest absolute Gasteiger partial charge is 0.265 e. The van der Waals surface area contributed by atoms with E-state index in [1.165, 1.54) is 10.5 Å². The molecular weight excluding hydrogens is 372 g/mol. The van der Waals surface area contributed by atoms with Gasteiger partial charge in [-0.1, -0.05) is 48.0 Å². The fourth-order valence-corrected chi connectivity index (χ4v) is 2.92. The summed E-state index contributed by atoms with van der Waals surface area (Å²) in [5.41, 5.74) is 3.03. The molecule has 28 heavy (non-hydrogen) atoms. The summed E-state index contributed by atoms with van der Waals surface area (Å²) in [7, 11) is 0. The zero-order chi connectivity index (χ0) is 20.1. The van der Waals surface area contributed by atoms with E-state index in [9.17, 15) is 9.59 Å². The van der Waals surface area contributed by atoms with E-state index in [0.29, 0.717) is 17.9 Å². The molecule has 0 atom stereocenters. The van der Waals surface area contributed by atoms with Crippen LogP contribution in [0.4, 0.5) is 0 Å². The summed E-state index contributed by atoms with van der Waals surface area (Å²) in [6, 6.07) is 15.3. The van der Waals surface area contributed by atoms with Gasteiger partial charge < -0.3 is 4.74 Å². The molecular formula is C22H20N2O3S. The minimum Gasteiger partial charge on any atom is -0.489 e. The predicted molar refractivity (Wildman–Crippen MR) is 113 cm³/mol. The molecule has 0 bridgehead atoms. The van der Waals surface area contributed by atoms with Crippen LogP contribution >= 0.6 is 12.2 Å². The topological polar surface area (TPSA) is 58.6 Å². The molecule has 0 aliphatic carbocycles. The molecule has 0 spiro atoms. The zero-order valence-electron chi connectivity index (χ0n) is 15.5. The number of nitrogens with zero attached hydrogens (tertiary/aromatic N) is 1. The average molecular weight is 392 g/mol. The van der Waals surface area contributed by atoms with E-state index in [2.05, 4.69) is 11.9 Å². The maximum Gasteiger partial charge on any atom is 0.265 e. The highest BCUT2D eigenvalue weighted by Gasteiger charge is 2.32. The summed E-state index contributed by atoms with van der Waals surface area (Å²) in [6.07, 6.45) is 3.10. The van der Waals surface area contributed by atoms with Crippen molar-refractivity contribution in [2.45, 2.75) is 13.5 Å². The summed E-state index contributed by atoms with van der Waals surface area (Å²) >= 11 is 5.04. The Labute approximate surface area is 169 Å². The zero-order valence-corrected chi connectivity index (χ0v) is 16.3. The number of carbonyl (C=O) groups excluding carboxylic acids is 2. The first-order valence-electron chi connectivity index (χ1n) is 8.76. The Balaban J connectivity index is 1.70. The average Bonchev–Trinajstić information content (AvgIpc) is 2.69. The third-order valence-corrected chi connectivity index (χ3v) is 4.54. The van der Waals surface area contributed by atoms with Crippen molar-refractivity contribution in [1.29, 1.82) is 0 Å². The molecule has 3 rings (SSSR count). The minimum absolute atomic E-state index is 0.0313. The van der Waals surface area contributed by atoms with Crippen molar-refractivity contribution in [3.8, 4) is 5.75 Å². The van der Waals surface area contributed by atoms with Gasteiger partial charge in [0.05, 0.1) is 0 Å². The van der Waals surface area contributed by atoms with Crippen molar-refractivity contribution in [3.63, 3.8) is 0 Å².